The van der Waals surface area contributed by atoms with E-state index in [0.717, 1.165) is 37.6 Å². The number of aliphatic hydroxyl groups is 1. The lowest BCUT2D eigenvalue weighted by Gasteiger charge is -2.24. The van der Waals surface area contributed by atoms with Gasteiger partial charge in [0.15, 0.2) is 0 Å². The minimum absolute atomic E-state index is 0.161. The van der Waals surface area contributed by atoms with E-state index in [4.69, 9.17) is 0 Å². The van der Waals surface area contributed by atoms with Gasteiger partial charge in [-0.1, -0.05) is 6.42 Å². The van der Waals surface area contributed by atoms with Crippen LogP contribution in [0.2, 0.25) is 0 Å². The molecule has 4 heteroatoms. The molecule has 0 radical (unpaired) electrons. The average Bonchev–Trinajstić information content (AvgIpc) is 3.29. The van der Waals surface area contributed by atoms with Gasteiger partial charge >= 0.3 is 0 Å². The Hall–Kier alpha value is -0.610. The maximum absolute atomic E-state index is 12.2. The Kier molecular flexibility index (Phi) is 4.32. The Bertz CT molecular complexity index is 340. The molecule has 3 saturated carbocycles. The smallest absolute Gasteiger partial charge is 0.234 e. The number of nitrogens with zero attached hydrogens (tertiary/aromatic N) is 1. The van der Waals surface area contributed by atoms with E-state index >= 15 is 0 Å². The highest BCUT2D eigenvalue weighted by molar-refractivity contribution is 5.78. The summed E-state index contributed by atoms with van der Waals surface area (Å²) in [5, 5.41) is 13.1. The van der Waals surface area contributed by atoms with Crippen LogP contribution in [0, 0.1) is 17.8 Å². The van der Waals surface area contributed by atoms with Crippen molar-refractivity contribution in [1.29, 1.82) is 0 Å². The predicted molar refractivity (Wildman–Crippen MR) is 78.2 cm³/mol. The number of carbonyl (C=O) groups excluding carboxylic acids is 1. The van der Waals surface area contributed by atoms with Crippen LogP contribution in [0.4, 0.5) is 0 Å². The number of nitrogens with one attached hydrogen (secondary N) is 1. The normalized spacial score (nSPS) is 30.2. The van der Waals surface area contributed by atoms with Crippen LogP contribution in [0.25, 0.3) is 0 Å². The second-order valence-corrected chi connectivity index (χ2v) is 7.22. The van der Waals surface area contributed by atoms with Crippen LogP contribution in [0.3, 0.4) is 0 Å². The highest BCUT2D eigenvalue weighted by Crippen LogP contribution is 2.44. The maximum atomic E-state index is 12.2. The molecule has 2 unspecified atom stereocenters. The molecule has 0 aliphatic heterocycles. The molecule has 2 N–H and O–H groups in total. The lowest BCUT2D eigenvalue weighted by Crippen LogP contribution is -2.44. The first-order chi connectivity index (χ1) is 9.63. The van der Waals surface area contributed by atoms with Crippen LogP contribution in [0.15, 0.2) is 0 Å². The standard InChI is InChI=1S/C16H28N2O2/c1-18(9-13-3-2-4-14(13)19)10-15(20)17-16(11-5-6-11)12-7-8-12/h11-14,16,19H,2-10H2,1H3,(H,17,20). The molecule has 0 aromatic carbocycles. The molecule has 0 bridgehead atoms. The lowest BCUT2D eigenvalue weighted by atomic mass is 10.1. The van der Waals surface area contributed by atoms with Crippen LogP contribution >= 0.6 is 0 Å². The molecule has 3 fully saturated rings. The fourth-order valence-corrected chi connectivity index (χ4v) is 3.70. The first kappa shape index (κ1) is 14.3. The van der Waals surface area contributed by atoms with Gasteiger partial charge in [-0.05, 0) is 63.3 Å². The molecule has 20 heavy (non-hydrogen) atoms. The third-order valence-electron chi connectivity index (χ3n) is 5.17. The highest BCUT2D eigenvalue weighted by atomic mass is 16.3. The molecule has 114 valence electrons. The number of aliphatic hydroxyl groups excluding tert-OH is 1. The Morgan fingerprint density at radius 2 is 1.85 bits per heavy atom. The third kappa shape index (κ3) is 3.73. The van der Waals surface area contributed by atoms with E-state index in [2.05, 4.69) is 10.2 Å². The topological polar surface area (TPSA) is 52.6 Å². The van der Waals surface area contributed by atoms with E-state index in [9.17, 15) is 9.90 Å². The van der Waals surface area contributed by atoms with Gasteiger partial charge in [0.2, 0.25) is 5.91 Å². The van der Waals surface area contributed by atoms with E-state index in [0.29, 0.717) is 18.5 Å². The van der Waals surface area contributed by atoms with E-state index in [1.165, 1.54) is 25.7 Å². The quantitative estimate of drug-likeness (QED) is 0.741. The molecule has 0 aromatic rings. The average molecular weight is 280 g/mol. The van der Waals surface area contributed by atoms with Gasteiger partial charge in [-0.2, -0.15) is 0 Å². The number of rotatable bonds is 7. The molecule has 3 rings (SSSR count). The molecule has 4 nitrogen and oxygen atoms in total. The molecule has 0 aromatic heterocycles. The monoisotopic (exact) mass is 280 g/mol. The van der Waals surface area contributed by atoms with Crippen molar-refractivity contribution in [2.24, 2.45) is 17.8 Å². The summed E-state index contributed by atoms with van der Waals surface area (Å²) in [7, 11) is 1.99. The van der Waals surface area contributed by atoms with Crippen molar-refractivity contribution in [2.45, 2.75) is 57.1 Å². The van der Waals surface area contributed by atoms with Crippen molar-refractivity contribution in [3.63, 3.8) is 0 Å². The van der Waals surface area contributed by atoms with Crippen LogP contribution in [-0.4, -0.2) is 48.2 Å². The molecule has 3 aliphatic carbocycles. The first-order valence-corrected chi connectivity index (χ1v) is 8.29. The number of hydrogen-bond acceptors (Lipinski definition) is 3. The SMILES string of the molecule is CN(CC(=O)NC(C1CC1)C1CC1)CC1CCCC1O. The second kappa shape index (κ2) is 6.02. The Morgan fingerprint density at radius 3 is 2.35 bits per heavy atom. The number of amides is 1. The molecular weight excluding hydrogens is 252 g/mol. The summed E-state index contributed by atoms with van der Waals surface area (Å²) in [6, 6.07) is 0.452. The fraction of sp³-hybridized carbons (Fsp3) is 0.938. The number of carbonyl (C=O) groups is 1. The Morgan fingerprint density at radius 1 is 1.20 bits per heavy atom. The maximum Gasteiger partial charge on any atom is 0.234 e. The zero-order valence-electron chi connectivity index (χ0n) is 12.6. The van der Waals surface area contributed by atoms with Gasteiger partial charge in [-0.15, -0.1) is 0 Å². The third-order valence-corrected chi connectivity index (χ3v) is 5.17. The van der Waals surface area contributed by atoms with Crippen molar-refractivity contribution in [3.8, 4) is 0 Å². The van der Waals surface area contributed by atoms with E-state index < -0.39 is 0 Å². The number of likely N-dealkylation sites (N-methyl/N-ethyl adjacent to an activating group) is 1. The van der Waals surface area contributed by atoms with Gasteiger partial charge in [-0.3, -0.25) is 9.69 Å². The van der Waals surface area contributed by atoms with Crippen LogP contribution < -0.4 is 5.32 Å². The zero-order valence-corrected chi connectivity index (χ0v) is 12.6. The van der Waals surface area contributed by atoms with Crippen LogP contribution in [0.5, 0.6) is 0 Å². The molecule has 0 heterocycles. The number of hydrogen-bond donors (Lipinski definition) is 2. The second-order valence-electron chi connectivity index (χ2n) is 7.22. The first-order valence-electron chi connectivity index (χ1n) is 8.29. The molecule has 2 atom stereocenters. The van der Waals surface area contributed by atoms with Gasteiger partial charge < -0.3 is 10.4 Å². The zero-order chi connectivity index (χ0) is 14.1. The molecule has 3 aliphatic rings. The van der Waals surface area contributed by atoms with Gasteiger partial charge in [0.05, 0.1) is 12.6 Å². The van der Waals surface area contributed by atoms with E-state index in [1.807, 2.05) is 7.05 Å². The largest absolute Gasteiger partial charge is 0.393 e. The van der Waals surface area contributed by atoms with Gasteiger partial charge in [0, 0.05) is 12.6 Å². The van der Waals surface area contributed by atoms with Crippen molar-refractivity contribution >= 4 is 5.91 Å². The van der Waals surface area contributed by atoms with Crippen molar-refractivity contribution < 1.29 is 9.90 Å². The molecule has 0 spiro atoms. The molecule has 0 saturated heterocycles. The lowest BCUT2D eigenvalue weighted by molar-refractivity contribution is -0.123. The molecule has 1 amide bonds. The summed E-state index contributed by atoms with van der Waals surface area (Å²) >= 11 is 0. The fourth-order valence-electron chi connectivity index (χ4n) is 3.70. The minimum Gasteiger partial charge on any atom is -0.393 e. The highest BCUT2D eigenvalue weighted by Gasteiger charge is 2.42. The Balaban J connectivity index is 1.41. The minimum atomic E-state index is -0.161. The summed E-state index contributed by atoms with van der Waals surface area (Å²) in [5.41, 5.74) is 0. The predicted octanol–water partition coefficient (Wildman–Crippen LogP) is 1.38. The van der Waals surface area contributed by atoms with Crippen LogP contribution in [-0.2, 0) is 4.79 Å². The summed E-state index contributed by atoms with van der Waals surface area (Å²) in [6.07, 6.45) is 8.17. The Labute approximate surface area is 121 Å². The van der Waals surface area contributed by atoms with Gasteiger partial charge in [-0.25, -0.2) is 0 Å². The summed E-state index contributed by atoms with van der Waals surface area (Å²) in [6.45, 7) is 1.31. The summed E-state index contributed by atoms with van der Waals surface area (Å²) in [4.78, 5) is 14.2. The van der Waals surface area contributed by atoms with Crippen molar-refractivity contribution in [3.05, 3.63) is 0 Å². The van der Waals surface area contributed by atoms with E-state index in [-0.39, 0.29) is 12.0 Å². The van der Waals surface area contributed by atoms with Crippen molar-refractivity contribution in [1.82, 2.24) is 10.2 Å². The van der Waals surface area contributed by atoms with Crippen LogP contribution in [0.1, 0.15) is 44.9 Å². The summed E-state index contributed by atoms with van der Waals surface area (Å²) < 4.78 is 0. The van der Waals surface area contributed by atoms with Gasteiger partial charge in [0.25, 0.3) is 0 Å². The molecular formula is C16H28N2O2. The summed E-state index contributed by atoms with van der Waals surface area (Å²) in [5.74, 6) is 2.04. The van der Waals surface area contributed by atoms with E-state index in [1.54, 1.807) is 0 Å². The van der Waals surface area contributed by atoms with Gasteiger partial charge in [0.1, 0.15) is 0 Å². The van der Waals surface area contributed by atoms with Crippen molar-refractivity contribution in [2.75, 3.05) is 20.1 Å².